The summed E-state index contributed by atoms with van der Waals surface area (Å²) in [5.74, 6) is -0.406. The van der Waals surface area contributed by atoms with E-state index in [4.69, 9.17) is 5.26 Å². The number of fused-ring (bicyclic) bond motifs is 1. The van der Waals surface area contributed by atoms with E-state index in [1.165, 1.54) is 17.4 Å². The summed E-state index contributed by atoms with van der Waals surface area (Å²) >= 11 is 2.51. The van der Waals surface area contributed by atoms with E-state index < -0.39 is 5.97 Å². The Morgan fingerprint density at radius 2 is 2.08 bits per heavy atom. The van der Waals surface area contributed by atoms with Crippen LogP contribution in [0.15, 0.2) is 51.8 Å². The number of aromatic nitrogens is 2. The molecule has 0 radical (unpaired) electrons. The van der Waals surface area contributed by atoms with Gasteiger partial charge in [-0.3, -0.25) is 0 Å². The maximum absolute atomic E-state index is 11.2. The zero-order valence-electron chi connectivity index (χ0n) is 13.1. The molecule has 25 heavy (non-hydrogen) atoms. The first-order valence-corrected chi connectivity index (χ1v) is 8.90. The predicted octanol–water partition coefficient (Wildman–Crippen LogP) is 4.39. The zero-order valence-corrected chi connectivity index (χ0v) is 14.7. The van der Waals surface area contributed by atoms with Gasteiger partial charge in [0.25, 0.3) is 0 Å². The summed E-state index contributed by atoms with van der Waals surface area (Å²) < 4.78 is 0.881. The Bertz CT molecular complexity index is 1000. The van der Waals surface area contributed by atoms with Crippen molar-refractivity contribution in [3.05, 3.63) is 52.3 Å². The molecule has 3 aromatic rings. The van der Waals surface area contributed by atoms with E-state index >= 15 is 0 Å². The molecule has 0 saturated heterocycles. The molecular formula is C17H12N4O2S2. The molecule has 0 aliphatic carbocycles. The average molecular weight is 368 g/mol. The van der Waals surface area contributed by atoms with Gasteiger partial charge in [-0.1, -0.05) is 6.08 Å². The summed E-state index contributed by atoms with van der Waals surface area (Å²) in [6.45, 7) is 1.66. The maximum atomic E-state index is 11.2. The van der Waals surface area contributed by atoms with Gasteiger partial charge in [0.05, 0.1) is 26.8 Å². The number of hydrogen-bond acceptors (Lipinski definition) is 7. The molecular weight excluding hydrogens is 356 g/mol. The Kier molecular flexibility index (Phi) is 4.97. The molecule has 6 nitrogen and oxygen atoms in total. The van der Waals surface area contributed by atoms with Crippen LogP contribution in [0.3, 0.4) is 0 Å². The molecule has 124 valence electrons. The first-order chi connectivity index (χ1) is 12.1. The first-order valence-electron chi connectivity index (χ1n) is 7.20. The van der Waals surface area contributed by atoms with Crippen LogP contribution in [0.25, 0.3) is 10.2 Å². The fraction of sp³-hybridized carbons (Fsp3) is 0.0588. The lowest BCUT2D eigenvalue weighted by Gasteiger charge is -2.09. The number of carboxylic acid groups (broad SMARTS) is 1. The number of rotatable bonds is 5. The molecule has 0 saturated carbocycles. The molecule has 2 heterocycles. The van der Waals surface area contributed by atoms with Crippen LogP contribution in [0, 0.1) is 11.3 Å². The molecule has 0 spiro atoms. The fourth-order valence-electron chi connectivity index (χ4n) is 2.06. The van der Waals surface area contributed by atoms with Gasteiger partial charge < -0.3 is 10.4 Å². The molecule has 0 atom stereocenters. The molecule has 2 aromatic heterocycles. The summed E-state index contributed by atoms with van der Waals surface area (Å²) in [5.41, 5.74) is 2.11. The highest BCUT2D eigenvalue weighted by Gasteiger charge is 2.14. The molecule has 0 bridgehead atoms. The van der Waals surface area contributed by atoms with E-state index in [0.717, 1.165) is 27.7 Å². The van der Waals surface area contributed by atoms with Crippen LogP contribution < -0.4 is 5.32 Å². The topological polar surface area (TPSA) is 98.9 Å². The van der Waals surface area contributed by atoms with Crippen LogP contribution in [0.1, 0.15) is 12.5 Å². The second-order valence-electron chi connectivity index (χ2n) is 4.86. The number of benzene rings is 1. The number of carbonyl (C=O) groups is 1. The summed E-state index contributed by atoms with van der Waals surface area (Å²) in [7, 11) is 0. The molecule has 0 amide bonds. The van der Waals surface area contributed by atoms with E-state index in [-0.39, 0.29) is 4.91 Å². The van der Waals surface area contributed by atoms with Crippen LogP contribution in [0.5, 0.6) is 0 Å². The molecule has 3 rings (SSSR count). The van der Waals surface area contributed by atoms with Gasteiger partial charge >= 0.3 is 5.97 Å². The largest absolute Gasteiger partial charge is 0.477 e. The van der Waals surface area contributed by atoms with Gasteiger partial charge in [0, 0.05) is 5.69 Å². The smallest absolute Gasteiger partial charge is 0.342 e. The van der Waals surface area contributed by atoms with Crippen molar-refractivity contribution in [2.75, 3.05) is 5.32 Å². The van der Waals surface area contributed by atoms with Crippen LogP contribution in [0.4, 0.5) is 11.5 Å². The highest BCUT2D eigenvalue weighted by molar-refractivity contribution is 8.03. The highest BCUT2D eigenvalue weighted by Crippen LogP contribution is 2.32. The third-order valence-electron chi connectivity index (χ3n) is 3.23. The van der Waals surface area contributed by atoms with Gasteiger partial charge in [0.15, 0.2) is 11.0 Å². The number of nitrogens with zero attached hydrogens (tertiary/aromatic N) is 3. The van der Waals surface area contributed by atoms with Crippen LogP contribution in [-0.4, -0.2) is 21.0 Å². The zero-order chi connectivity index (χ0) is 17.8. The maximum Gasteiger partial charge on any atom is 0.342 e. The minimum Gasteiger partial charge on any atom is -0.477 e. The van der Waals surface area contributed by atoms with E-state index in [2.05, 4.69) is 21.4 Å². The molecule has 0 aliphatic rings. The van der Waals surface area contributed by atoms with Crippen molar-refractivity contribution < 1.29 is 9.90 Å². The van der Waals surface area contributed by atoms with Crippen molar-refractivity contribution in [1.29, 1.82) is 5.26 Å². The monoisotopic (exact) mass is 368 g/mol. The van der Waals surface area contributed by atoms with Crippen molar-refractivity contribution in [2.24, 2.45) is 0 Å². The van der Waals surface area contributed by atoms with E-state index in [9.17, 15) is 9.90 Å². The third kappa shape index (κ3) is 3.79. The van der Waals surface area contributed by atoms with E-state index in [0.29, 0.717) is 16.5 Å². The number of aliphatic carboxylic acids is 1. The SMILES string of the molecule is CC=C(Sc1nc(Nc2ccc(C#N)cc2)c2sccc2n1)C(=O)O. The number of hydrogen-bond donors (Lipinski definition) is 2. The quantitative estimate of drug-likeness (QED) is 0.391. The van der Waals surface area contributed by atoms with Crippen LogP contribution in [-0.2, 0) is 4.79 Å². The summed E-state index contributed by atoms with van der Waals surface area (Å²) in [4.78, 5) is 20.2. The number of thioether (sulfide) groups is 1. The van der Waals surface area contributed by atoms with Gasteiger partial charge in [0.1, 0.15) is 0 Å². The lowest BCUT2D eigenvalue weighted by molar-refractivity contribution is -0.131. The number of anilines is 2. The average Bonchev–Trinajstić information content (AvgIpc) is 3.09. The summed E-state index contributed by atoms with van der Waals surface area (Å²) in [6, 6.07) is 11.0. The fourth-order valence-corrected chi connectivity index (χ4v) is 3.52. The normalized spacial score (nSPS) is 11.3. The molecule has 0 unspecified atom stereocenters. The van der Waals surface area contributed by atoms with Crippen LogP contribution >= 0.6 is 23.1 Å². The van der Waals surface area contributed by atoms with Gasteiger partial charge in [0.2, 0.25) is 0 Å². The van der Waals surface area contributed by atoms with Crippen LogP contribution in [0.2, 0.25) is 0 Å². The Labute approximate surface area is 151 Å². The van der Waals surface area contributed by atoms with Gasteiger partial charge in [-0.15, -0.1) is 11.3 Å². The van der Waals surface area contributed by atoms with Crippen molar-refractivity contribution >= 4 is 50.8 Å². The third-order valence-corrected chi connectivity index (χ3v) is 5.14. The van der Waals surface area contributed by atoms with Gasteiger partial charge in [-0.2, -0.15) is 5.26 Å². The number of nitrogens with one attached hydrogen (secondary N) is 1. The van der Waals surface area contributed by atoms with Crippen molar-refractivity contribution in [2.45, 2.75) is 12.1 Å². The van der Waals surface area contributed by atoms with Gasteiger partial charge in [-0.25, -0.2) is 14.8 Å². The summed E-state index contributed by atoms with van der Waals surface area (Å²) in [6.07, 6.45) is 1.52. The van der Waals surface area contributed by atoms with Gasteiger partial charge in [-0.05, 0) is 54.4 Å². The Balaban J connectivity index is 1.97. The molecule has 0 fully saturated rings. The Morgan fingerprint density at radius 1 is 1.32 bits per heavy atom. The lowest BCUT2D eigenvalue weighted by Crippen LogP contribution is -2.00. The molecule has 1 aromatic carbocycles. The lowest BCUT2D eigenvalue weighted by atomic mass is 10.2. The molecule has 0 aliphatic heterocycles. The van der Waals surface area contributed by atoms with Crippen molar-refractivity contribution in [3.63, 3.8) is 0 Å². The Hall–Kier alpha value is -2.89. The number of carboxylic acids is 1. The minimum atomic E-state index is -1.01. The molecule has 2 N–H and O–H groups in total. The minimum absolute atomic E-state index is 0.166. The summed E-state index contributed by atoms with van der Waals surface area (Å²) in [5, 5.41) is 23.5. The Morgan fingerprint density at radius 3 is 2.72 bits per heavy atom. The molecule has 8 heteroatoms. The number of allylic oxidation sites excluding steroid dienone is 1. The van der Waals surface area contributed by atoms with E-state index in [1.807, 2.05) is 11.4 Å². The first kappa shape index (κ1) is 17.0. The van der Waals surface area contributed by atoms with Crippen molar-refractivity contribution in [3.8, 4) is 6.07 Å². The predicted molar refractivity (Wildman–Crippen MR) is 99.1 cm³/mol. The highest BCUT2D eigenvalue weighted by atomic mass is 32.2. The standard InChI is InChI=1S/C17H12N4O2S2/c1-2-13(16(22)23)25-17-20-12-7-8-24-14(12)15(21-17)19-11-5-3-10(9-18)4-6-11/h2-8H,1H3,(H,22,23)(H,19,20,21). The number of nitriles is 1. The second-order valence-corrected chi connectivity index (χ2v) is 6.79. The second kappa shape index (κ2) is 7.34. The number of thiophene rings is 1. The van der Waals surface area contributed by atoms with Crippen molar-refractivity contribution in [1.82, 2.24) is 9.97 Å². The van der Waals surface area contributed by atoms with E-state index in [1.54, 1.807) is 31.2 Å².